The van der Waals surface area contributed by atoms with Crippen LogP contribution < -0.4 is 5.32 Å². The molecule has 0 fully saturated rings. The Bertz CT molecular complexity index is 641. The van der Waals surface area contributed by atoms with E-state index in [9.17, 15) is 9.59 Å². The lowest BCUT2D eigenvalue weighted by molar-refractivity contribution is -0.135. The third-order valence-corrected chi connectivity index (χ3v) is 2.82. The fourth-order valence-corrected chi connectivity index (χ4v) is 1.75. The van der Waals surface area contributed by atoms with E-state index in [1.165, 1.54) is 6.20 Å². The summed E-state index contributed by atoms with van der Waals surface area (Å²) in [4.78, 5) is 26.1. The Hall–Kier alpha value is -2.40. The number of benzene rings is 1. The molecule has 1 heterocycles. The lowest BCUT2D eigenvalue weighted by atomic mass is 10.1. The zero-order valence-corrected chi connectivity index (χ0v) is 11.1. The van der Waals surface area contributed by atoms with Gasteiger partial charge in [0.25, 0.3) is 5.91 Å². The smallest absolute Gasteiger partial charge is 0.322 e. The fourth-order valence-electron chi connectivity index (χ4n) is 1.62. The topological polar surface area (TPSA) is 79.3 Å². The van der Waals surface area contributed by atoms with Gasteiger partial charge in [-0.2, -0.15) is 0 Å². The SMILES string of the molecule is O=C(O)CNC(=O)c1cc(-c2ccc(Cl)cc2)ccn1. The highest BCUT2D eigenvalue weighted by atomic mass is 35.5. The monoisotopic (exact) mass is 290 g/mol. The average molecular weight is 291 g/mol. The number of hydrogen-bond acceptors (Lipinski definition) is 3. The number of carbonyl (C=O) groups excluding carboxylic acids is 1. The van der Waals surface area contributed by atoms with Crippen LogP contribution >= 0.6 is 11.6 Å². The minimum absolute atomic E-state index is 0.165. The van der Waals surface area contributed by atoms with Crippen LogP contribution in [0.3, 0.4) is 0 Å². The third kappa shape index (κ3) is 3.55. The van der Waals surface area contributed by atoms with Crippen LogP contribution in [-0.2, 0) is 4.79 Å². The van der Waals surface area contributed by atoms with E-state index < -0.39 is 18.4 Å². The van der Waals surface area contributed by atoms with Gasteiger partial charge in [-0.1, -0.05) is 23.7 Å². The lowest BCUT2D eigenvalue weighted by Crippen LogP contribution is -2.29. The Balaban J connectivity index is 2.21. The van der Waals surface area contributed by atoms with Gasteiger partial charge in [0.2, 0.25) is 0 Å². The number of nitrogens with one attached hydrogen (secondary N) is 1. The second-order valence-corrected chi connectivity index (χ2v) is 4.45. The summed E-state index contributed by atoms with van der Waals surface area (Å²) in [6.45, 7) is -0.439. The Morgan fingerprint density at radius 2 is 1.85 bits per heavy atom. The number of amides is 1. The highest BCUT2D eigenvalue weighted by Crippen LogP contribution is 2.21. The summed E-state index contributed by atoms with van der Waals surface area (Å²) in [6, 6.07) is 10.5. The average Bonchev–Trinajstić information content (AvgIpc) is 2.45. The molecule has 2 rings (SSSR count). The molecule has 20 heavy (non-hydrogen) atoms. The molecule has 0 aliphatic carbocycles. The second kappa shape index (κ2) is 6.16. The van der Waals surface area contributed by atoms with Crippen LogP contribution in [0.5, 0.6) is 0 Å². The first kappa shape index (κ1) is 14.0. The summed E-state index contributed by atoms with van der Waals surface area (Å²) in [5.74, 6) is -1.63. The van der Waals surface area contributed by atoms with E-state index in [4.69, 9.17) is 16.7 Å². The molecule has 5 nitrogen and oxygen atoms in total. The van der Waals surface area contributed by atoms with Crippen molar-refractivity contribution < 1.29 is 14.7 Å². The minimum Gasteiger partial charge on any atom is -0.480 e. The van der Waals surface area contributed by atoms with E-state index in [0.717, 1.165) is 11.1 Å². The van der Waals surface area contributed by atoms with E-state index in [1.54, 1.807) is 24.3 Å². The molecule has 2 N–H and O–H groups in total. The van der Waals surface area contributed by atoms with Gasteiger partial charge in [0.15, 0.2) is 0 Å². The second-order valence-electron chi connectivity index (χ2n) is 4.01. The van der Waals surface area contributed by atoms with Crippen LogP contribution in [0.2, 0.25) is 5.02 Å². The molecule has 0 aliphatic rings. The van der Waals surface area contributed by atoms with Gasteiger partial charge < -0.3 is 10.4 Å². The van der Waals surface area contributed by atoms with Crippen LogP contribution in [0.1, 0.15) is 10.5 Å². The molecule has 1 amide bonds. The van der Waals surface area contributed by atoms with Crippen molar-refractivity contribution in [1.82, 2.24) is 10.3 Å². The van der Waals surface area contributed by atoms with Crippen LogP contribution in [0.25, 0.3) is 11.1 Å². The number of aromatic nitrogens is 1. The summed E-state index contributed by atoms with van der Waals surface area (Å²) in [5.41, 5.74) is 1.86. The Morgan fingerprint density at radius 1 is 1.15 bits per heavy atom. The molecule has 2 aromatic rings. The summed E-state index contributed by atoms with van der Waals surface area (Å²) in [5, 5.41) is 11.4. The first-order chi connectivity index (χ1) is 9.56. The van der Waals surface area contributed by atoms with Crippen molar-refractivity contribution in [3.63, 3.8) is 0 Å². The molecule has 0 saturated heterocycles. The predicted octanol–water partition coefficient (Wildman–Crippen LogP) is 2.22. The van der Waals surface area contributed by atoms with Gasteiger partial charge in [0, 0.05) is 11.2 Å². The van der Waals surface area contributed by atoms with Crippen LogP contribution in [0.4, 0.5) is 0 Å². The molecule has 0 bridgehead atoms. The van der Waals surface area contributed by atoms with Gasteiger partial charge >= 0.3 is 5.97 Å². The highest BCUT2D eigenvalue weighted by molar-refractivity contribution is 6.30. The molecule has 0 radical (unpaired) electrons. The zero-order valence-electron chi connectivity index (χ0n) is 10.3. The first-order valence-electron chi connectivity index (χ1n) is 5.78. The fraction of sp³-hybridized carbons (Fsp3) is 0.0714. The minimum atomic E-state index is -1.10. The van der Waals surface area contributed by atoms with E-state index in [-0.39, 0.29) is 5.69 Å². The van der Waals surface area contributed by atoms with Crippen molar-refractivity contribution in [2.75, 3.05) is 6.54 Å². The molecule has 0 unspecified atom stereocenters. The molecular formula is C14H11ClN2O3. The Kier molecular flexibility index (Phi) is 4.32. The van der Waals surface area contributed by atoms with Crippen molar-refractivity contribution in [3.8, 4) is 11.1 Å². The summed E-state index contributed by atoms with van der Waals surface area (Å²) < 4.78 is 0. The quantitative estimate of drug-likeness (QED) is 0.905. The maximum atomic E-state index is 11.7. The number of carboxylic acids is 1. The Morgan fingerprint density at radius 3 is 2.50 bits per heavy atom. The molecule has 6 heteroatoms. The van der Waals surface area contributed by atoms with E-state index in [2.05, 4.69) is 10.3 Å². The molecule has 1 aromatic heterocycles. The Labute approximate surface area is 120 Å². The number of nitrogens with zero attached hydrogens (tertiary/aromatic N) is 1. The molecular weight excluding hydrogens is 280 g/mol. The van der Waals surface area contributed by atoms with Crippen molar-refractivity contribution in [2.45, 2.75) is 0 Å². The van der Waals surface area contributed by atoms with E-state index in [1.807, 2.05) is 12.1 Å². The number of rotatable bonds is 4. The number of halogens is 1. The number of aliphatic carboxylic acids is 1. The van der Waals surface area contributed by atoms with Gasteiger partial charge in [0.1, 0.15) is 12.2 Å². The zero-order chi connectivity index (χ0) is 14.5. The summed E-state index contributed by atoms with van der Waals surface area (Å²) in [7, 11) is 0. The molecule has 0 spiro atoms. The highest BCUT2D eigenvalue weighted by Gasteiger charge is 2.09. The lowest BCUT2D eigenvalue weighted by Gasteiger charge is -2.05. The van der Waals surface area contributed by atoms with Gasteiger partial charge in [-0.05, 0) is 35.4 Å². The number of pyridine rings is 1. The first-order valence-corrected chi connectivity index (χ1v) is 6.16. The van der Waals surface area contributed by atoms with Crippen molar-refractivity contribution in [3.05, 3.63) is 53.3 Å². The standard InChI is InChI=1S/C14H11ClN2O3/c15-11-3-1-9(2-4-11)10-5-6-16-12(7-10)14(20)17-8-13(18)19/h1-7H,8H2,(H,17,20)(H,18,19). The molecule has 0 aliphatic heterocycles. The molecule has 102 valence electrons. The largest absolute Gasteiger partial charge is 0.480 e. The van der Waals surface area contributed by atoms with E-state index in [0.29, 0.717) is 5.02 Å². The predicted molar refractivity (Wildman–Crippen MR) is 74.7 cm³/mol. The van der Waals surface area contributed by atoms with Crippen LogP contribution in [0.15, 0.2) is 42.6 Å². The van der Waals surface area contributed by atoms with Gasteiger partial charge in [-0.3, -0.25) is 14.6 Å². The van der Waals surface area contributed by atoms with Crippen LogP contribution in [-0.4, -0.2) is 28.5 Å². The summed E-state index contributed by atoms with van der Waals surface area (Å²) in [6.07, 6.45) is 1.50. The summed E-state index contributed by atoms with van der Waals surface area (Å²) >= 11 is 5.82. The normalized spacial score (nSPS) is 10.1. The number of carboxylic acid groups (broad SMARTS) is 1. The van der Waals surface area contributed by atoms with E-state index >= 15 is 0 Å². The number of carbonyl (C=O) groups is 2. The van der Waals surface area contributed by atoms with Crippen LogP contribution in [0, 0.1) is 0 Å². The van der Waals surface area contributed by atoms with Crippen molar-refractivity contribution in [2.24, 2.45) is 0 Å². The van der Waals surface area contributed by atoms with Gasteiger partial charge in [0.05, 0.1) is 0 Å². The molecule has 0 saturated carbocycles. The van der Waals surface area contributed by atoms with Gasteiger partial charge in [-0.15, -0.1) is 0 Å². The maximum Gasteiger partial charge on any atom is 0.322 e. The number of hydrogen-bond donors (Lipinski definition) is 2. The van der Waals surface area contributed by atoms with Gasteiger partial charge in [-0.25, -0.2) is 0 Å². The molecule has 1 aromatic carbocycles. The van der Waals surface area contributed by atoms with Crippen molar-refractivity contribution in [1.29, 1.82) is 0 Å². The third-order valence-electron chi connectivity index (χ3n) is 2.57. The van der Waals surface area contributed by atoms with Crippen molar-refractivity contribution >= 4 is 23.5 Å². The maximum absolute atomic E-state index is 11.7. The molecule has 0 atom stereocenters.